The molecule has 4 aromatic rings. The second-order valence-corrected chi connectivity index (χ2v) is 15.6. The van der Waals surface area contributed by atoms with Crippen molar-refractivity contribution >= 4 is 69.7 Å². The molecule has 6 atom stereocenters. The number of imide groups is 2. The number of fused-ring (bicyclic) bond motifs is 4. The Morgan fingerprint density at radius 3 is 2.18 bits per heavy atom. The van der Waals surface area contributed by atoms with E-state index in [1.807, 2.05) is 55.4 Å². The Hall–Kier alpha value is -6.14. The Balaban J connectivity index is 1.12. The predicted octanol–water partition coefficient (Wildman–Crippen LogP) is 8.66. The monoisotopic (exact) mass is 787 g/mol. The number of methoxy groups -OCH3 is 1. The number of amides is 4. The number of ether oxygens (including phenoxy) is 1. The van der Waals surface area contributed by atoms with Crippen molar-refractivity contribution in [1.29, 1.82) is 0 Å². The highest BCUT2D eigenvalue weighted by Gasteiger charge is 2.67. The van der Waals surface area contributed by atoms with Crippen molar-refractivity contribution < 1.29 is 33.4 Å². The van der Waals surface area contributed by atoms with Crippen LogP contribution in [0.1, 0.15) is 25.3 Å². The van der Waals surface area contributed by atoms with Gasteiger partial charge in [0.25, 0.3) is 0 Å². The molecular weight excluding hydrogens is 749 g/mol. The number of phenols is 1. The zero-order valence-corrected chi connectivity index (χ0v) is 32.4. The summed E-state index contributed by atoms with van der Waals surface area (Å²) in [5.41, 5.74) is 2.98. The van der Waals surface area contributed by atoms with Gasteiger partial charge in [0.1, 0.15) is 5.82 Å². The number of rotatable bonds is 8. The van der Waals surface area contributed by atoms with E-state index in [1.54, 1.807) is 49.4 Å². The summed E-state index contributed by atoms with van der Waals surface area (Å²) in [6.45, 7) is 1.75. The number of hydrogen-bond acceptors (Lipinski definition) is 9. The highest BCUT2D eigenvalue weighted by molar-refractivity contribution is 6.32. The van der Waals surface area contributed by atoms with E-state index >= 15 is 0 Å². The van der Waals surface area contributed by atoms with E-state index in [2.05, 4.69) is 10.2 Å². The van der Waals surface area contributed by atoms with Crippen molar-refractivity contribution in [1.82, 2.24) is 0 Å². The molecule has 13 heteroatoms. The number of carbonyl (C=O) groups is 4. The van der Waals surface area contributed by atoms with Gasteiger partial charge in [-0.3, -0.25) is 24.1 Å². The SMILES string of the molecule is COc1cc(C=CC2C3=CCC4C(=O)N(c5ccc(N=Nc6ccc(N(C)C)cc6)cc5)C(=O)C4C3CC3C(=O)N(c4ccc(F)c(Cl)c4)C(=O)C23C)ccc1O. The summed E-state index contributed by atoms with van der Waals surface area (Å²) in [7, 11) is 5.35. The molecule has 2 saturated heterocycles. The van der Waals surface area contributed by atoms with Crippen molar-refractivity contribution in [2.45, 2.75) is 19.8 Å². The number of phenolic OH excluding ortho intramolecular Hbond substituents is 1. The first-order chi connectivity index (χ1) is 27.3. The topological polar surface area (TPSA) is 132 Å². The maximum Gasteiger partial charge on any atom is 0.241 e. The largest absolute Gasteiger partial charge is 0.504 e. The standard InChI is InChI=1S/C44H39ClFN5O6/c1-44-33(18-5-24-6-20-37(52)38(21-24)57-4)30-16-17-31-39(32(30)23-34(44)41(54)51(43(44)56)29-15-19-36(46)35(45)22-29)42(55)50(40(31)53)28-13-9-26(10-14-28)48-47-25-7-11-27(12-8-25)49(2)3/h5-16,18-22,31-34,39,52H,17,23H2,1-4H3. The number of benzene rings is 4. The normalized spacial score (nSPS) is 25.6. The van der Waals surface area contributed by atoms with E-state index in [1.165, 1.54) is 30.2 Å². The molecule has 0 radical (unpaired) electrons. The van der Waals surface area contributed by atoms with Crippen LogP contribution in [0.5, 0.6) is 11.5 Å². The molecule has 1 N–H and O–H groups in total. The Kier molecular flexibility index (Phi) is 9.55. The summed E-state index contributed by atoms with van der Waals surface area (Å²) >= 11 is 6.12. The van der Waals surface area contributed by atoms with Crippen LogP contribution in [0, 0.1) is 40.8 Å². The molecule has 11 nitrogen and oxygen atoms in total. The Labute approximate surface area is 333 Å². The molecule has 0 bridgehead atoms. The Morgan fingerprint density at radius 1 is 0.860 bits per heavy atom. The van der Waals surface area contributed by atoms with E-state index in [0.29, 0.717) is 22.6 Å². The first kappa shape index (κ1) is 37.8. The van der Waals surface area contributed by atoms with Crippen molar-refractivity contribution in [3.05, 3.63) is 119 Å². The molecule has 2 heterocycles. The minimum Gasteiger partial charge on any atom is -0.504 e. The molecular formula is C44H39ClFN5O6. The molecule has 1 saturated carbocycles. The van der Waals surface area contributed by atoms with Gasteiger partial charge >= 0.3 is 0 Å². The molecule has 4 aromatic carbocycles. The van der Waals surface area contributed by atoms with Gasteiger partial charge in [0, 0.05) is 25.7 Å². The summed E-state index contributed by atoms with van der Waals surface area (Å²) in [5, 5.41) is 18.6. The number of carbonyl (C=O) groups excluding carboxylic acids is 4. The zero-order valence-electron chi connectivity index (χ0n) is 31.6. The quantitative estimate of drug-likeness (QED) is 0.107. The van der Waals surface area contributed by atoms with Crippen LogP contribution in [0.15, 0.2) is 113 Å². The van der Waals surface area contributed by atoms with Crippen LogP contribution < -0.4 is 19.4 Å². The number of allylic oxidation sites excluding steroid dienone is 3. The molecule has 290 valence electrons. The summed E-state index contributed by atoms with van der Waals surface area (Å²) < 4.78 is 19.5. The average molecular weight is 788 g/mol. The van der Waals surface area contributed by atoms with Crippen LogP contribution in [-0.4, -0.2) is 49.9 Å². The molecule has 4 amide bonds. The van der Waals surface area contributed by atoms with E-state index in [-0.39, 0.29) is 46.9 Å². The molecule has 3 fully saturated rings. The minimum absolute atomic E-state index is 0.0374. The number of hydrogen-bond donors (Lipinski definition) is 1. The van der Waals surface area contributed by atoms with Crippen LogP contribution in [0.25, 0.3) is 6.08 Å². The lowest BCUT2D eigenvalue weighted by Gasteiger charge is -2.47. The van der Waals surface area contributed by atoms with Crippen molar-refractivity contribution in [3.8, 4) is 11.5 Å². The van der Waals surface area contributed by atoms with Gasteiger partial charge in [-0.15, -0.1) is 0 Å². The second kappa shape index (κ2) is 14.4. The lowest BCUT2D eigenvalue weighted by Crippen LogP contribution is -2.49. The van der Waals surface area contributed by atoms with Gasteiger partial charge in [-0.25, -0.2) is 9.29 Å². The fourth-order valence-electron chi connectivity index (χ4n) is 8.95. The molecule has 0 spiro atoms. The van der Waals surface area contributed by atoms with Crippen molar-refractivity contribution in [2.24, 2.45) is 45.2 Å². The maximum atomic E-state index is 14.6. The van der Waals surface area contributed by atoms with Crippen LogP contribution in [0.3, 0.4) is 0 Å². The van der Waals surface area contributed by atoms with Crippen LogP contribution in [0.2, 0.25) is 5.02 Å². The van der Waals surface area contributed by atoms with Crippen LogP contribution >= 0.6 is 11.6 Å². The third-order valence-electron chi connectivity index (χ3n) is 11.9. The maximum absolute atomic E-state index is 14.6. The number of anilines is 3. The lowest BCUT2D eigenvalue weighted by molar-refractivity contribution is -0.132. The summed E-state index contributed by atoms with van der Waals surface area (Å²) in [6, 6.07) is 22.9. The molecule has 2 aliphatic carbocycles. The first-order valence-electron chi connectivity index (χ1n) is 18.6. The molecule has 2 aliphatic heterocycles. The van der Waals surface area contributed by atoms with E-state index in [9.17, 15) is 28.7 Å². The van der Waals surface area contributed by atoms with Gasteiger partial charge in [-0.2, -0.15) is 10.2 Å². The third-order valence-corrected chi connectivity index (χ3v) is 12.2. The number of aromatic hydroxyl groups is 1. The van der Waals surface area contributed by atoms with E-state index in [4.69, 9.17) is 16.3 Å². The molecule has 6 unspecified atom stereocenters. The highest BCUT2D eigenvalue weighted by atomic mass is 35.5. The fraction of sp³-hybridized carbons (Fsp3) is 0.273. The summed E-state index contributed by atoms with van der Waals surface area (Å²) in [5.74, 6) is -5.63. The van der Waals surface area contributed by atoms with Gasteiger partial charge in [0.2, 0.25) is 23.6 Å². The van der Waals surface area contributed by atoms with Crippen LogP contribution in [-0.2, 0) is 19.2 Å². The third kappa shape index (κ3) is 6.28. The first-order valence-corrected chi connectivity index (χ1v) is 18.9. The molecule has 8 rings (SSSR count). The van der Waals surface area contributed by atoms with Gasteiger partial charge < -0.3 is 14.7 Å². The summed E-state index contributed by atoms with van der Waals surface area (Å²) in [6.07, 6.45) is 6.03. The minimum atomic E-state index is -1.30. The average Bonchev–Trinajstić information content (AvgIpc) is 3.57. The highest BCUT2D eigenvalue weighted by Crippen LogP contribution is 2.61. The second-order valence-electron chi connectivity index (χ2n) is 15.2. The van der Waals surface area contributed by atoms with Crippen LogP contribution in [0.4, 0.5) is 32.8 Å². The smallest absolute Gasteiger partial charge is 0.241 e. The van der Waals surface area contributed by atoms with Crippen molar-refractivity contribution in [3.63, 3.8) is 0 Å². The molecule has 4 aliphatic rings. The Morgan fingerprint density at radius 2 is 1.53 bits per heavy atom. The van der Waals surface area contributed by atoms with Gasteiger partial charge in [0.05, 0.1) is 58.1 Å². The number of halogens is 2. The predicted molar refractivity (Wildman–Crippen MR) is 214 cm³/mol. The molecule has 57 heavy (non-hydrogen) atoms. The lowest BCUT2D eigenvalue weighted by atomic mass is 9.52. The number of nitrogens with zero attached hydrogens (tertiary/aromatic N) is 5. The molecule has 0 aromatic heterocycles. The summed E-state index contributed by atoms with van der Waals surface area (Å²) in [4.78, 5) is 61.9. The van der Waals surface area contributed by atoms with E-state index < -0.39 is 52.6 Å². The fourth-order valence-corrected chi connectivity index (χ4v) is 9.12. The Bertz CT molecular complexity index is 2410. The van der Waals surface area contributed by atoms with E-state index in [0.717, 1.165) is 22.2 Å². The van der Waals surface area contributed by atoms with Gasteiger partial charge in [-0.1, -0.05) is 41.5 Å². The zero-order chi connectivity index (χ0) is 40.3. The number of azo groups is 1. The van der Waals surface area contributed by atoms with Crippen molar-refractivity contribution in [2.75, 3.05) is 35.9 Å². The van der Waals surface area contributed by atoms with Gasteiger partial charge in [-0.05, 0) is 110 Å². The van der Waals surface area contributed by atoms with Gasteiger partial charge in [0.15, 0.2) is 11.5 Å².